The molecule has 6 heteroatoms. The number of carboxylic acid groups (broad SMARTS) is 1. The number of nitrogens with zero attached hydrogens (tertiary/aromatic N) is 2. The minimum Gasteiger partial charge on any atom is -0.478 e. The van der Waals surface area contributed by atoms with Crippen LogP contribution in [0.25, 0.3) is 10.9 Å². The van der Waals surface area contributed by atoms with E-state index in [1.54, 1.807) is 25.1 Å². The Hall–Kier alpha value is -2.76. The molecular formula is C17H17N3O3. The third kappa shape index (κ3) is 2.36. The van der Waals surface area contributed by atoms with Gasteiger partial charge in [0.25, 0.3) is 5.91 Å². The first-order chi connectivity index (χ1) is 10.8. The highest BCUT2D eigenvalue weighted by Crippen LogP contribution is 2.28. The first kappa shape index (κ1) is 15.1. The standard InChI is InChI=1S/C17H17N3O3/c1-9(2)17(3)16(23)19-14(20-17)13-11(15(21)22)8-10-6-4-5-7-12(10)18-13/h4-9H,1-3H3,(H,21,22)(H,19,20,23)/t17-/m1/s1. The van der Waals surface area contributed by atoms with Crippen LogP contribution in [0.2, 0.25) is 0 Å². The molecule has 1 aromatic heterocycles. The molecule has 2 N–H and O–H groups in total. The quantitative estimate of drug-likeness (QED) is 0.909. The third-order valence-corrected chi connectivity index (χ3v) is 4.34. The van der Waals surface area contributed by atoms with Crippen LogP contribution in [0.1, 0.15) is 36.8 Å². The number of nitrogens with one attached hydrogen (secondary N) is 1. The number of carbonyl (C=O) groups is 2. The summed E-state index contributed by atoms with van der Waals surface area (Å²) in [5.41, 5.74) is -0.0504. The van der Waals surface area contributed by atoms with E-state index in [4.69, 9.17) is 0 Å². The highest BCUT2D eigenvalue weighted by Gasteiger charge is 2.43. The topological polar surface area (TPSA) is 91.7 Å². The summed E-state index contributed by atoms with van der Waals surface area (Å²) in [7, 11) is 0. The summed E-state index contributed by atoms with van der Waals surface area (Å²) in [5.74, 6) is -1.15. The Kier molecular flexibility index (Phi) is 3.39. The molecule has 0 aliphatic carbocycles. The predicted octanol–water partition coefficient (Wildman–Crippen LogP) is 2.22. The van der Waals surface area contributed by atoms with Gasteiger partial charge in [-0.2, -0.15) is 0 Å². The Bertz CT molecular complexity index is 857. The molecule has 0 fully saturated rings. The SMILES string of the molecule is CC(C)[C@@]1(C)N=C(c2nc3ccccc3cc2C(=O)O)NC1=O. The van der Waals surface area contributed by atoms with E-state index in [1.807, 2.05) is 26.0 Å². The normalized spacial score (nSPS) is 20.7. The van der Waals surface area contributed by atoms with Crippen LogP contribution in [0.15, 0.2) is 35.3 Å². The first-order valence-electron chi connectivity index (χ1n) is 7.37. The van der Waals surface area contributed by atoms with E-state index in [9.17, 15) is 14.7 Å². The number of para-hydroxylation sites is 1. The van der Waals surface area contributed by atoms with Gasteiger partial charge in [0, 0.05) is 5.39 Å². The molecule has 1 aliphatic rings. The summed E-state index contributed by atoms with van der Waals surface area (Å²) in [6, 6.07) is 8.79. The van der Waals surface area contributed by atoms with Crippen LogP contribution >= 0.6 is 0 Å². The summed E-state index contributed by atoms with van der Waals surface area (Å²) in [6.07, 6.45) is 0. The molecule has 1 atom stereocenters. The van der Waals surface area contributed by atoms with Crippen molar-refractivity contribution in [3.05, 3.63) is 41.6 Å². The fraction of sp³-hybridized carbons (Fsp3) is 0.294. The second-order valence-electron chi connectivity index (χ2n) is 6.10. The minimum absolute atomic E-state index is 0.0197. The van der Waals surface area contributed by atoms with Crippen LogP contribution < -0.4 is 5.32 Å². The highest BCUT2D eigenvalue weighted by atomic mass is 16.4. The molecule has 1 amide bonds. The van der Waals surface area contributed by atoms with Crippen LogP contribution in [-0.2, 0) is 4.79 Å². The molecule has 0 saturated carbocycles. The van der Waals surface area contributed by atoms with Gasteiger partial charge >= 0.3 is 5.97 Å². The first-order valence-corrected chi connectivity index (χ1v) is 7.37. The lowest BCUT2D eigenvalue weighted by Crippen LogP contribution is -2.41. The predicted molar refractivity (Wildman–Crippen MR) is 86.6 cm³/mol. The molecule has 3 rings (SSSR count). The van der Waals surface area contributed by atoms with Crippen molar-refractivity contribution in [3.8, 4) is 0 Å². The molecule has 0 spiro atoms. The number of pyridine rings is 1. The van der Waals surface area contributed by atoms with E-state index in [2.05, 4.69) is 15.3 Å². The van der Waals surface area contributed by atoms with Crippen LogP contribution in [0.4, 0.5) is 0 Å². The van der Waals surface area contributed by atoms with Crippen molar-refractivity contribution in [2.45, 2.75) is 26.3 Å². The van der Waals surface area contributed by atoms with Gasteiger partial charge in [0.1, 0.15) is 11.2 Å². The minimum atomic E-state index is -1.10. The highest BCUT2D eigenvalue weighted by molar-refractivity contribution is 6.18. The lowest BCUT2D eigenvalue weighted by Gasteiger charge is -2.21. The summed E-state index contributed by atoms with van der Waals surface area (Å²) in [6.45, 7) is 5.54. The maximum absolute atomic E-state index is 12.3. The van der Waals surface area contributed by atoms with Gasteiger partial charge in [0.2, 0.25) is 0 Å². The molecule has 1 aromatic carbocycles. The Balaban J connectivity index is 2.22. The second-order valence-corrected chi connectivity index (χ2v) is 6.10. The van der Waals surface area contributed by atoms with Gasteiger partial charge in [-0.25, -0.2) is 14.8 Å². The van der Waals surface area contributed by atoms with E-state index in [-0.39, 0.29) is 28.9 Å². The van der Waals surface area contributed by atoms with E-state index >= 15 is 0 Å². The number of carboxylic acids is 1. The van der Waals surface area contributed by atoms with Gasteiger partial charge in [-0.15, -0.1) is 0 Å². The summed E-state index contributed by atoms with van der Waals surface area (Å²) in [4.78, 5) is 32.7. The van der Waals surface area contributed by atoms with Crippen molar-refractivity contribution in [2.24, 2.45) is 10.9 Å². The maximum Gasteiger partial charge on any atom is 0.338 e. The van der Waals surface area contributed by atoms with Crippen LogP contribution in [0.5, 0.6) is 0 Å². The fourth-order valence-corrected chi connectivity index (χ4v) is 2.51. The largest absolute Gasteiger partial charge is 0.478 e. The lowest BCUT2D eigenvalue weighted by atomic mass is 9.89. The second kappa shape index (κ2) is 5.15. The van der Waals surface area contributed by atoms with Crippen LogP contribution in [0, 0.1) is 5.92 Å². The number of amides is 1. The molecule has 0 unspecified atom stereocenters. The van der Waals surface area contributed by atoms with Crippen LogP contribution in [-0.4, -0.2) is 33.3 Å². The number of hydrogen-bond acceptors (Lipinski definition) is 4. The van der Waals surface area contributed by atoms with Crippen molar-refractivity contribution < 1.29 is 14.7 Å². The number of aromatic nitrogens is 1. The third-order valence-electron chi connectivity index (χ3n) is 4.34. The van der Waals surface area contributed by atoms with E-state index in [1.165, 1.54) is 0 Å². The molecule has 2 heterocycles. The summed E-state index contributed by atoms with van der Waals surface area (Å²) < 4.78 is 0. The smallest absolute Gasteiger partial charge is 0.338 e. The fourth-order valence-electron chi connectivity index (χ4n) is 2.51. The number of hydrogen-bond donors (Lipinski definition) is 2. The number of carbonyl (C=O) groups excluding carboxylic acids is 1. The van der Waals surface area contributed by atoms with Gasteiger partial charge in [-0.05, 0) is 25.0 Å². The molecule has 6 nitrogen and oxygen atoms in total. The lowest BCUT2D eigenvalue weighted by molar-refractivity contribution is -0.124. The summed E-state index contributed by atoms with van der Waals surface area (Å²) >= 11 is 0. The summed E-state index contributed by atoms with van der Waals surface area (Å²) in [5, 5.41) is 12.9. The van der Waals surface area contributed by atoms with Crippen molar-refractivity contribution in [1.29, 1.82) is 0 Å². The Morgan fingerprint density at radius 3 is 2.61 bits per heavy atom. The van der Waals surface area contributed by atoms with Crippen molar-refractivity contribution in [3.63, 3.8) is 0 Å². The zero-order valence-corrected chi connectivity index (χ0v) is 13.1. The zero-order chi connectivity index (χ0) is 16.8. The Labute approximate surface area is 133 Å². The molecule has 118 valence electrons. The van der Waals surface area contributed by atoms with E-state index < -0.39 is 11.5 Å². The van der Waals surface area contributed by atoms with Crippen molar-refractivity contribution in [1.82, 2.24) is 10.3 Å². The monoisotopic (exact) mass is 311 g/mol. The number of amidine groups is 1. The number of benzene rings is 1. The Morgan fingerprint density at radius 2 is 2.00 bits per heavy atom. The van der Waals surface area contributed by atoms with Gasteiger partial charge in [0.15, 0.2) is 5.84 Å². The van der Waals surface area contributed by atoms with Gasteiger partial charge < -0.3 is 10.4 Å². The average Bonchev–Trinajstić information content (AvgIpc) is 2.82. The number of rotatable bonds is 3. The van der Waals surface area contributed by atoms with Gasteiger partial charge in [-0.3, -0.25) is 4.79 Å². The molecule has 2 aromatic rings. The molecule has 23 heavy (non-hydrogen) atoms. The molecule has 0 saturated heterocycles. The maximum atomic E-state index is 12.3. The zero-order valence-electron chi connectivity index (χ0n) is 13.1. The van der Waals surface area contributed by atoms with Gasteiger partial charge in [-0.1, -0.05) is 32.0 Å². The van der Waals surface area contributed by atoms with E-state index in [0.29, 0.717) is 5.52 Å². The molecular weight excluding hydrogens is 294 g/mol. The molecule has 1 aliphatic heterocycles. The Morgan fingerprint density at radius 1 is 1.30 bits per heavy atom. The van der Waals surface area contributed by atoms with Crippen LogP contribution in [0.3, 0.4) is 0 Å². The number of aromatic carboxylic acids is 1. The molecule has 0 radical (unpaired) electrons. The average molecular weight is 311 g/mol. The number of aliphatic imine (C=N–C) groups is 1. The van der Waals surface area contributed by atoms with Crippen molar-refractivity contribution in [2.75, 3.05) is 0 Å². The van der Waals surface area contributed by atoms with Crippen molar-refractivity contribution >= 4 is 28.6 Å². The van der Waals surface area contributed by atoms with Gasteiger partial charge in [0.05, 0.1) is 11.1 Å². The number of fused-ring (bicyclic) bond motifs is 1. The van der Waals surface area contributed by atoms with E-state index in [0.717, 1.165) is 5.39 Å². The molecule has 0 bridgehead atoms.